The molecule has 1 aliphatic heterocycles. The second-order valence-electron chi connectivity index (χ2n) is 7.29. The molecular weight excluding hydrogens is 446 g/mol. The predicted octanol–water partition coefficient (Wildman–Crippen LogP) is 3.43. The average Bonchev–Trinajstić information content (AvgIpc) is 3.29. The Hall–Kier alpha value is -3.37. The number of hydrogen-bond donors (Lipinski definition) is 2. The smallest absolute Gasteiger partial charge is 0.255 e. The van der Waals surface area contributed by atoms with Gasteiger partial charge in [0.25, 0.3) is 5.91 Å². The zero-order valence-corrected chi connectivity index (χ0v) is 18.7. The predicted molar refractivity (Wildman–Crippen MR) is 126 cm³/mol. The molecule has 5 rings (SSSR count). The van der Waals surface area contributed by atoms with Gasteiger partial charge >= 0.3 is 0 Å². The molecule has 2 aromatic carbocycles. The van der Waals surface area contributed by atoms with Crippen molar-refractivity contribution < 1.29 is 14.3 Å². The maximum Gasteiger partial charge on any atom is 0.255 e. The van der Waals surface area contributed by atoms with E-state index >= 15 is 0 Å². The molecule has 1 atom stereocenters. The molecule has 0 saturated heterocycles. The highest BCUT2D eigenvalue weighted by molar-refractivity contribution is 8.00. The van der Waals surface area contributed by atoms with Crippen LogP contribution in [0, 0.1) is 6.92 Å². The van der Waals surface area contributed by atoms with Gasteiger partial charge in [-0.15, -0.1) is 11.8 Å². The van der Waals surface area contributed by atoms with E-state index in [1.165, 1.54) is 11.3 Å². The van der Waals surface area contributed by atoms with Gasteiger partial charge in [-0.3, -0.25) is 9.59 Å². The van der Waals surface area contributed by atoms with Gasteiger partial charge < -0.3 is 15.8 Å². The largest absolute Gasteiger partial charge is 0.484 e. The quantitative estimate of drug-likeness (QED) is 0.467. The van der Waals surface area contributed by atoms with E-state index in [-0.39, 0.29) is 17.8 Å². The van der Waals surface area contributed by atoms with Crippen LogP contribution in [-0.4, -0.2) is 38.9 Å². The maximum atomic E-state index is 12.5. The molecule has 0 aliphatic carbocycles. The normalized spacial score (nSPS) is 15.8. The third kappa shape index (κ3) is 3.82. The first-order valence-electron chi connectivity index (χ1n) is 9.87. The summed E-state index contributed by atoms with van der Waals surface area (Å²) in [5.41, 5.74) is 8.82. The van der Waals surface area contributed by atoms with Gasteiger partial charge in [-0.05, 0) is 36.8 Å². The Morgan fingerprint density at radius 3 is 2.78 bits per heavy atom. The highest BCUT2D eigenvalue weighted by atomic mass is 32.2. The average molecular weight is 466 g/mol. The van der Waals surface area contributed by atoms with Gasteiger partial charge in [0.15, 0.2) is 6.61 Å². The molecule has 3 heterocycles. The number of para-hydroxylation sites is 1. The summed E-state index contributed by atoms with van der Waals surface area (Å²) in [6.07, 6.45) is 0. The van der Waals surface area contributed by atoms with Gasteiger partial charge in [-0.2, -0.15) is 9.78 Å². The molecule has 2 amide bonds. The molecule has 162 valence electrons. The first-order valence-corrected chi connectivity index (χ1v) is 11.7. The minimum absolute atomic E-state index is 0.0811. The molecule has 10 heteroatoms. The molecular formula is C22H19N5O3S2. The number of anilines is 1. The molecule has 0 bridgehead atoms. The van der Waals surface area contributed by atoms with Crippen molar-refractivity contribution in [2.75, 3.05) is 17.7 Å². The highest BCUT2D eigenvalue weighted by Crippen LogP contribution is 2.44. The van der Waals surface area contributed by atoms with Crippen molar-refractivity contribution in [3.63, 3.8) is 0 Å². The van der Waals surface area contributed by atoms with Gasteiger partial charge in [0.05, 0.1) is 26.9 Å². The van der Waals surface area contributed by atoms with Crippen LogP contribution in [0.15, 0.2) is 48.5 Å². The van der Waals surface area contributed by atoms with Gasteiger partial charge in [0.2, 0.25) is 11.0 Å². The molecule has 0 saturated carbocycles. The number of benzene rings is 2. The summed E-state index contributed by atoms with van der Waals surface area (Å²) in [5, 5.41) is 8.37. The minimum Gasteiger partial charge on any atom is -0.484 e. The Morgan fingerprint density at radius 2 is 2.03 bits per heavy atom. The monoisotopic (exact) mass is 465 g/mol. The number of amides is 2. The molecule has 0 fully saturated rings. The number of nitrogens with zero attached hydrogens (tertiary/aromatic N) is 3. The van der Waals surface area contributed by atoms with Crippen LogP contribution in [0.25, 0.3) is 15.3 Å². The van der Waals surface area contributed by atoms with Crippen molar-refractivity contribution in [3.8, 4) is 10.9 Å². The van der Waals surface area contributed by atoms with Crippen molar-refractivity contribution in [2.24, 2.45) is 5.73 Å². The summed E-state index contributed by atoms with van der Waals surface area (Å²) in [4.78, 5) is 28.2. The number of nitrogens with one attached hydrogen (secondary N) is 1. The van der Waals surface area contributed by atoms with Crippen LogP contribution in [0.4, 0.5) is 5.82 Å². The minimum atomic E-state index is -0.527. The lowest BCUT2D eigenvalue weighted by molar-refractivity contribution is -0.120. The van der Waals surface area contributed by atoms with Crippen LogP contribution >= 0.6 is 23.1 Å². The molecule has 32 heavy (non-hydrogen) atoms. The zero-order valence-electron chi connectivity index (χ0n) is 17.1. The Kier molecular flexibility index (Phi) is 5.32. The lowest BCUT2D eigenvalue weighted by atomic mass is 10.0. The van der Waals surface area contributed by atoms with E-state index in [0.717, 1.165) is 27.0 Å². The van der Waals surface area contributed by atoms with Crippen LogP contribution in [0.2, 0.25) is 0 Å². The van der Waals surface area contributed by atoms with E-state index in [1.807, 2.05) is 43.3 Å². The summed E-state index contributed by atoms with van der Waals surface area (Å²) in [5.74, 6) is 0.916. The molecule has 1 aliphatic rings. The van der Waals surface area contributed by atoms with E-state index in [2.05, 4.69) is 5.32 Å². The molecule has 2 aromatic heterocycles. The van der Waals surface area contributed by atoms with Gasteiger partial charge in [-0.25, -0.2) is 4.98 Å². The van der Waals surface area contributed by atoms with Gasteiger partial charge in [-0.1, -0.05) is 35.6 Å². The van der Waals surface area contributed by atoms with Crippen molar-refractivity contribution in [1.82, 2.24) is 14.8 Å². The fourth-order valence-electron chi connectivity index (χ4n) is 3.63. The van der Waals surface area contributed by atoms with Crippen molar-refractivity contribution >= 4 is 50.9 Å². The number of nitrogens with two attached hydrogens (primary N) is 1. The number of primary amides is 1. The van der Waals surface area contributed by atoms with E-state index in [1.54, 1.807) is 28.6 Å². The van der Waals surface area contributed by atoms with Crippen LogP contribution in [0.3, 0.4) is 0 Å². The number of fused-ring (bicyclic) bond motifs is 2. The number of aryl methyl sites for hydroxylation is 1. The number of thiazole rings is 1. The third-order valence-electron chi connectivity index (χ3n) is 5.04. The number of rotatable bonds is 5. The van der Waals surface area contributed by atoms with Crippen molar-refractivity contribution in [1.29, 1.82) is 0 Å². The Labute approximate surface area is 191 Å². The Bertz CT molecular complexity index is 1300. The molecule has 8 nitrogen and oxygen atoms in total. The number of hydrogen-bond acceptors (Lipinski definition) is 7. The lowest BCUT2D eigenvalue weighted by Crippen LogP contribution is -2.19. The molecule has 0 unspecified atom stereocenters. The standard InChI is InChI=1S/C22H19N5O3S2/c1-12-19-20(13-6-8-14(9-7-13)30-10-17(23)28)31-11-18(29)25-21(19)27(26-12)22-24-15-4-2-3-5-16(15)32-22/h2-9,20H,10-11H2,1H3,(H2,23,28)(H,25,29)/t20-/m1/s1. The summed E-state index contributed by atoms with van der Waals surface area (Å²) in [6, 6.07) is 15.4. The second-order valence-corrected chi connectivity index (χ2v) is 9.39. The van der Waals surface area contributed by atoms with Crippen LogP contribution in [-0.2, 0) is 9.59 Å². The third-order valence-corrected chi connectivity index (χ3v) is 7.32. The fraction of sp³-hybridized carbons (Fsp3) is 0.182. The topological polar surface area (TPSA) is 112 Å². The lowest BCUT2D eigenvalue weighted by Gasteiger charge is -2.16. The Balaban J connectivity index is 1.55. The van der Waals surface area contributed by atoms with Crippen LogP contribution in [0.5, 0.6) is 5.75 Å². The Morgan fingerprint density at radius 1 is 1.25 bits per heavy atom. The van der Waals surface area contributed by atoms with E-state index in [4.69, 9.17) is 20.6 Å². The zero-order chi connectivity index (χ0) is 22.2. The van der Waals surface area contributed by atoms with Gasteiger partial charge in [0, 0.05) is 5.56 Å². The number of carbonyl (C=O) groups excluding carboxylic acids is 2. The summed E-state index contributed by atoms with van der Waals surface area (Å²) < 4.78 is 8.15. The second kappa shape index (κ2) is 8.29. The number of aromatic nitrogens is 3. The van der Waals surface area contributed by atoms with Crippen molar-refractivity contribution in [3.05, 3.63) is 65.4 Å². The molecule has 0 spiro atoms. The number of thioether (sulfide) groups is 1. The van der Waals surface area contributed by atoms with E-state index < -0.39 is 5.91 Å². The summed E-state index contributed by atoms with van der Waals surface area (Å²) in [6.45, 7) is 1.77. The maximum absolute atomic E-state index is 12.5. The summed E-state index contributed by atoms with van der Waals surface area (Å²) in [7, 11) is 0. The first-order chi connectivity index (χ1) is 15.5. The number of ether oxygens (including phenoxy) is 1. The van der Waals surface area contributed by atoms with Crippen LogP contribution in [0.1, 0.15) is 22.1 Å². The highest BCUT2D eigenvalue weighted by Gasteiger charge is 2.31. The van der Waals surface area contributed by atoms with Gasteiger partial charge in [0.1, 0.15) is 11.6 Å². The first kappa shape index (κ1) is 20.5. The summed E-state index contributed by atoms with van der Waals surface area (Å²) >= 11 is 3.07. The van der Waals surface area contributed by atoms with Crippen LogP contribution < -0.4 is 15.8 Å². The SMILES string of the molecule is Cc1nn(-c2nc3ccccc3s2)c2c1[C@@H](c1ccc(OCC(N)=O)cc1)SCC(=O)N2. The molecule has 3 N–H and O–H groups in total. The fourth-order valence-corrected chi connectivity index (χ4v) is 5.74. The van der Waals surface area contributed by atoms with Crippen molar-refractivity contribution in [2.45, 2.75) is 12.2 Å². The number of carbonyl (C=O) groups is 2. The molecule has 0 radical (unpaired) electrons. The van der Waals surface area contributed by atoms with E-state index in [0.29, 0.717) is 22.5 Å². The van der Waals surface area contributed by atoms with E-state index in [9.17, 15) is 9.59 Å². The molecule has 4 aromatic rings.